The maximum atomic E-state index is 5.97. The van der Waals surface area contributed by atoms with Gasteiger partial charge in [-0.3, -0.25) is 9.88 Å². The molecule has 0 aliphatic carbocycles. The van der Waals surface area contributed by atoms with Crippen molar-refractivity contribution in [3.05, 3.63) is 30.1 Å². The Bertz CT molecular complexity index is 355. The lowest BCUT2D eigenvalue weighted by atomic mass is 9.86. The molecular weight excluding hydrogens is 224 g/mol. The fraction of sp³-hybridized carbons (Fsp3) is 0.643. The second-order valence-corrected chi connectivity index (χ2v) is 5.45. The van der Waals surface area contributed by atoms with Crippen LogP contribution in [0.4, 0.5) is 0 Å². The number of hydrogen-bond acceptors (Lipinski definition) is 4. The molecule has 0 unspecified atom stereocenters. The van der Waals surface area contributed by atoms with Gasteiger partial charge in [0.05, 0.1) is 0 Å². The van der Waals surface area contributed by atoms with E-state index in [4.69, 9.17) is 5.73 Å². The van der Waals surface area contributed by atoms with E-state index in [0.717, 1.165) is 39.0 Å². The van der Waals surface area contributed by atoms with Crippen molar-refractivity contribution in [3.63, 3.8) is 0 Å². The minimum atomic E-state index is 0.203. The van der Waals surface area contributed by atoms with Crippen molar-refractivity contribution in [2.24, 2.45) is 5.73 Å². The number of rotatable bonds is 4. The number of likely N-dealkylation sites (N-methyl/N-ethyl adjacent to an activating group) is 1. The predicted octanol–water partition coefficient (Wildman–Crippen LogP) is 0.937. The van der Waals surface area contributed by atoms with Gasteiger partial charge in [-0.25, -0.2) is 0 Å². The Kier molecular flexibility index (Phi) is 4.32. The van der Waals surface area contributed by atoms with E-state index in [1.807, 2.05) is 12.4 Å². The molecule has 0 radical (unpaired) electrons. The number of pyridine rings is 1. The molecule has 0 aromatic carbocycles. The fourth-order valence-electron chi connectivity index (χ4n) is 2.71. The van der Waals surface area contributed by atoms with Gasteiger partial charge in [0.15, 0.2) is 0 Å². The smallest absolute Gasteiger partial charge is 0.0349 e. The fourth-order valence-corrected chi connectivity index (χ4v) is 2.71. The van der Waals surface area contributed by atoms with Gasteiger partial charge in [-0.05, 0) is 44.6 Å². The summed E-state index contributed by atoms with van der Waals surface area (Å²) in [6.45, 7) is 4.02. The zero-order valence-electron chi connectivity index (χ0n) is 11.5. The van der Waals surface area contributed by atoms with Crippen molar-refractivity contribution >= 4 is 0 Å². The summed E-state index contributed by atoms with van der Waals surface area (Å²) in [5.74, 6) is 0. The number of likely N-dealkylation sites (tertiary alicyclic amines) is 1. The molecule has 0 bridgehead atoms. The van der Waals surface area contributed by atoms with Crippen LogP contribution < -0.4 is 5.73 Å². The molecule has 1 saturated heterocycles. The molecule has 0 atom stereocenters. The minimum Gasteiger partial charge on any atom is -0.329 e. The zero-order valence-corrected chi connectivity index (χ0v) is 11.5. The highest BCUT2D eigenvalue weighted by Crippen LogP contribution is 2.26. The van der Waals surface area contributed by atoms with Crippen LogP contribution in [0.2, 0.25) is 0 Å². The number of nitrogens with two attached hydrogens (primary N) is 1. The van der Waals surface area contributed by atoms with Crippen molar-refractivity contribution in [1.29, 1.82) is 0 Å². The maximum Gasteiger partial charge on any atom is 0.0349 e. The van der Waals surface area contributed by atoms with Crippen LogP contribution in [-0.4, -0.2) is 54.1 Å². The molecule has 4 heteroatoms. The summed E-state index contributed by atoms with van der Waals surface area (Å²) in [5.41, 5.74) is 7.51. The molecular formula is C14H24N4. The van der Waals surface area contributed by atoms with Gasteiger partial charge in [0.2, 0.25) is 0 Å². The highest BCUT2D eigenvalue weighted by Gasteiger charge is 2.34. The molecule has 100 valence electrons. The molecule has 0 saturated carbocycles. The van der Waals surface area contributed by atoms with Crippen molar-refractivity contribution in [2.75, 3.05) is 33.7 Å². The lowest BCUT2D eigenvalue weighted by Gasteiger charge is -2.45. The molecule has 0 amide bonds. The van der Waals surface area contributed by atoms with E-state index >= 15 is 0 Å². The average Bonchev–Trinajstić information content (AvgIpc) is 2.41. The second-order valence-electron chi connectivity index (χ2n) is 5.45. The molecule has 1 aromatic heterocycles. The summed E-state index contributed by atoms with van der Waals surface area (Å²) < 4.78 is 0. The molecule has 4 nitrogen and oxygen atoms in total. The first kappa shape index (κ1) is 13.5. The van der Waals surface area contributed by atoms with Gasteiger partial charge in [-0.1, -0.05) is 0 Å². The van der Waals surface area contributed by atoms with Crippen molar-refractivity contribution in [2.45, 2.75) is 24.9 Å². The van der Waals surface area contributed by atoms with Gasteiger partial charge in [0, 0.05) is 44.1 Å². The Hall–Kier alpha value is -0.970. The normalized spacial score (nSPS) is 20.2. The highest BCUT2D eigenvalue weighted by molar-refractivity contribution is 5.09. The summed E-state index contributed by atoms with van der Waals surface area (Å²) >= 11 is 0. The van der Waals surface area contributed by atoms with E-state index < -0.39 is 0 Å². The van der Waals surface area contributed by atoms with Gasteiger partial charge in [0.1, 0.15) is 0 Å². The summed E-state index contributed by atoms with van der Waals surface area (Å²) in [4.78, 5) is 8.87. The molecule has 2 heterocycles. The van der Waals surface area contributed by atoms with Crippen LogP contribution in [-0.2, 0) is 6.54 Å². The highest BCUT2D eigenvalue weighted by atomic mass is 15.2. The second kappa shape index (κ2) is 5.78. The largest absolute Gasteiger partial charge is 0.329 e. The number of piperidine rings is 1. The van der Waals surface area contributed by atoms with Crippen molar-refractivity contribution < 1.29 is 0 Å². The molecule has 1 aliphatic rings. The minimum absolute atomic E-state index is 0.203. The first-order chi connectivity index (χ1) is 8.66. The Balaban J connectivity index is 1.91. The Morgan fingerprint density at radius 1 is 1.28 bits per heavy atom. The molecule has 1 aliphatic heterocycles. The van der Waals surface area contributed by atoms with Gasteiger partial charge < -0.3 is 10.6 Å². The lowest BCUT2D eigenvalue weighted by molar-refractivity contribution is 0.0597. The van der Waals surface area contributed by atoms with E-state index in [9.17, 15) is 0 Å². The molecule has 0 spiro atoms. The van der Waals surface area contributed by atoms with E-state index in [2.05, 4.69) is 41.0 Å². The number of hydrogen-bond donors (Lipinski definition) is 1. The molecule has 2 N–H and O–H groups in total. The molecule has 2 rings (SSSR count). The standard InChI is InChI=1S/C14H24N4/c1-17(2)14(12-15)5-9-18(10-6-14)11-13-3-7-16-8-4-13/h3-4,7-8H,5-6,9-12,15H2,1-2H3. The monoisotopic (exact) mass is 248 g/mol. The van der Waals surface area contributed by atoms with Crippen LogP contribution in [0.3, 0.4) is 0 Å². The number of aromatic nitrogens is 1. The van der Waals surface area contributed by atoms with E-state index in [0.29, 0.717) is 0 Å². The van der Waals surface area contributed by atoms with Crippen molar-refractivity contribution in [1.82, 2.24) is 14.8 Å². The van der Waals surface area contributed by atoms with Gasteiger partial charge in [-0.15, -0.1) is 0 Å². The quantitative estimate of drug-likeness (QED) is 0.861. The van der Waals surface area contributed by atoms with E-state index in [1.165, 1.54) is 5.56 Å². The van der Waals surface area contributed by atoms with E-state index in [-0.39, 0.29) is 5.54 Å². The third kappa shape index (κ3) is 2.88. The van der Waals surface area contributed by atoms with Gasteiger partial charge in [-0.2, -0.15) is 0 Å². The van der Waals surface area contributed by atoms with Crippen LogP contribution in [0.1, 0.15) is 18.4 Å². The summed E-state index contributed by atoms with van der Waals surface area (Å²) in [5, 5.41) is 0. The number of nitrogens with zero attached hydrogens (tertiary/aromatic N) is 3. The third-order valence-electron chi connectivity index (χ3n) is 4.27. The molecule has 1 fully saturated rings. The molecule has 1 aromatic rings. The Labute approximate surface area is 110 Å². The molecule has 18 heavy (non-hydrogen) atoms. The first-order valence-electron chi connectivity index (χ1n) is 6.65. The Morgan fingerprint density at radius 2 is 1.89 bits per heavy atom. The summed E-state index contributed by atoms with van der Waals surface area (Å²) in [6, 6.07) is 4.19. The summed E-state index contributed by atoms with van der Waals surface area (Å²) in [7, 11) is 4.29. The summed E-state index contributed by atoms with van der Waals surface area (Å²) in [6.07, 6.45) is 6.04. The lowest BCUT2D eigenvalue weighted by Crippen LogP contribution is -2.56. The van der Waals surface area contributed by atoms with Gasteiger partial charge in [0.25, 0.3) is 0 Å². The SMILES string of the molecule is CN(C)C1(CN)CCN(Cc2ccncc2)CC1. The van der Waals surface area contributed by atoms with Crippen LogP contribution in [0.25, 0.3) is 0 Å². The zero-order chi connectivity index (χ0) is 13.0. The van der Waals surface area contributed by atoms with Crippen LogP contribution in [0.5, 0.6) is 0 Å². The van der Waals surface area contributed by atoms with Crippen LogP contribution in [0.15, 0.2) is 24.5 Å². The Morgan fingerprint density at radius 3 is 2.39 bits per heavy atom. The third-order valence-corrected chi connectivity index (χ3v) is 4.27. The maximum absolute atomic E-state index is 5.97. The van der Waals surface area contributed by atoms with Crippen LogP contribution in [0, 0.1) is 0 Å². The van der Waals surface area contributed by atoms with Crippen LogP contribution >= 0.6 is 0 Å². The van der Waals surface area contributed by atoms with Crippen molar-refractivity contribution in [3.8, 4) is 0 Å². The van der Waals surface area contributed by atoms with E-state index in [1.54, 1.807) is 0 Å². The average molecular weight is 248 g/mol. The topological polar surface area (TPSA) is 45.4 Å². The van der Waals surface area contributed by atoms with Gasteiger partial charge >= 0.3 is 0 Å². The predicted molar refractivity (Wildman–Crippen MR) is 74.2 cm³/mol. The first-order valence-corrected chi connectivity index (χ1v) is 6.65.